The molecule has 0 bridgehead atoms. The largest absolute Gasteiger partial charge is 0.283 e. The van der Waals surface area contributed by atoms with Crippen molar-refractivity contribution < 1.29 is 8.42 Å². The second-order valence-electron chi connectivity index (χ2n) is 5.52. The van der Waals surface area contributed by atoms with Gasteiger partial charge in [0, 0.05) is 5.56 Å². The molecule has 0 atom stereocenters. The van der Waals surface area contributed by atoms with Gasteiger partial charge in [-0.1, -0.05) is 77.8 Å². The molecule has 0 fully saturated rings. The van der Waals surface area contributed by atoms with Gasteiger partial charge in [-0.25, -0.2) is 8.42 Å². The quantitative estimate of drug-likeness (QED) is 0.614. The average molecular weight is 392 g/mol. The van der Waals surface area contributed by atoms with Gasteiger partial charge in [0.15, 0.2) is 0 Å². The molecule has 3 aromatic rings. The van der Waals surface area contributed by atoms with E-state index >= 15 is 0 Å². The summed E-state index contributed by atoms with van der Waals surface area (Å²) < 4.78 is 27.8. The van der Waals surface area contributed by atoms with Crippen LogP contribution in [0.4, 0.5) is 5.69 Å². The maximum absolute atomic E-state index is 12.6. The van der Waals surface area contributed by atoms with Crippen LogP contribution in [-0.4, -0.2) is 8.42 Å². The van der Waals surface area contributed by atoms with Gasteiger partial charge in [-0.05, 0) is 29.3 Å². The van der Waals surface area contributed by atoms with Gasteiger partial charge in [-0.2, -0.15) is 0 Å². The topological polar surface area (TPSA) is 46.2 Å². The summed E-state index contributed by atoms with van der Waals surface area (Å²) in [6.07, 6.45) is 0. The van der Waals surface area contributed by atoms with E-state index in [2.05, 4.69) is 4.72 Å². The number of sulfonamides is 1. The monoisotopic (exact) mass is 391 g/mol. The van der Waals surface area contributed by atoms with Gasteiger partial charge in [0.1, 0.15) is 0 Å². The third kappa shape index (κ3) is 4.54. The minimum Gasteiger partial charge on any atom is -0.283 e. The number of anilines is 1. The van der Waals surface area contributed by atoms with E-state index in [9.17, 15) is 8.42 Å². The molecule has 0 saturated heterocycles. The Morgan fingerprint density at radius 2 is 1.48 bits per heavy atom. The highest BCUT2D eigenvalue weighted by Gasteiger charge is 2.15. The number of rotatable bonds is 5. The van der Waals surface area contributed by atoms with Crippen LogP contribution >= 0.6 is 23.2 Å². The predicted octanol–water partition coefficient (Wildman–Crippen LogP) is 5.60. The lowest BCUT2D eigenvalue weighted by Crippen LogP contribution is -2.15. The highest BCUT2D eigenvalue weighted by atomic mass is 35.5. The maximum Gasteiger partial charge on any atom is 0.236 e. The van der Waals surface area contributed by atoms with Crippen molar-refractivity contribution >= 4 is 38.9 Å². The first-order valence-corrected chi connectivity index (χ1v) is 9.94. The van der Waals surface area contributed by atoms with Crippen molar-refractivity contribution in [1.82, 2.24) is 0 Å². The Balaban J connectivity index is 1.88. The molecule has 3 nitrogen and oxygen atoms in total. The molecular weight excluding hydrogens is 377 g/mol. The van der Waals surface area contributed by atoms with Crippen molar-refractivity contribution in [2.24, 2.45) is 0 Å². The van der Waals surface area contributed by atoms with E-state index < -0.39 is 10.0 Å². The van der Waals surface area contributed by atoms with Gasteiger partial charge in [0.25, 0.3) is 0 Å². The molecule has 0 aliphatic carbocycles. The minimum absolute atomic E-state index is 0.187. The number of para-hydroxylation sites is 1. The van der Waals surface area contributed by atoms with Crippen LogP contribution < -0.4 is 4.72 Å². The first kappa shape index (κ1) is 17.8. The number of nitrogens with one attached hydrogen (secondary N) is 1. The third-order valence-electron chi connectivity index (χ3n) is 3.62. The van der Waals surface area contributed by atoms with E-state index in [1.165, 1.54) is 0 Å². The number of benzene rings is 3. The molecule has 0 saturated carbocycles. The summed E-state index contributed by atoms with van der Waals surface area (Å²) in [4.78, 5) is 0. The molecule has 0 spiro atoms. The van der Waals surface area contributed by atoms with Gasteiger partial charge in [-0.15, -0.1) is 0 Å². The molecule has 3 rings (SSSR count). The third-order valence-corrected chi connectivity index (χ3v) is 5.60. The van der Waals surface area contributed by atoms with Crippen molar-refractivity contribution in [2.75, 3.05) is 4.72 Å². The van der Waals surface area contributed by atoms with Gasteiger partial charge < -0.3 is 0 Å². The van der Waals surface area contributed by atoms with Gasteiger partial charge in [0.05, 0.1) is 21.5 Å². The lowest BCUT2D eigenvalue weighted by atomic mass is 10.0. The van der Waals surface area contributed by atoms with Crippen LogP contribution in [0.2, 0.25) is 10.0 Å². The average Bonchev–Trinajstić information content (AvgIpc) is 2.59. The normalized spacial score (nSPS) is 11.3. The summed E-state index contributed by atoms with van der Waals surface area (Å²) in [5, 5.41) is 0.726. The van der Waals surface area contributed by atoms with E-state index in [-0.39, 0.29) is 5.75 Å². The molecule has 0 amide bonds. The second kappa shape index (κ2) is 7.48. The molecule has 0 heterocycles. The van der Waals surface area contributed by atoms with Crippen molar-refractivity contribution in [2.45, 2.75) is 5.75 Å². The fraction of sp³-hybridized carbons (Fsp3) is 0.0526. The molecule has 0 aliphatic rings. The van der Waals surface area contributed by atoms with E-state index in [0.29, 0.717) is 21.3 Å². The van der Waals surface area contributed by atoms with E-state index in [1.54, 1.807) is 30.3 Å². The fourth-order valence-electron chi connectivity index (χ4n) is 2.49. The zero-order chi connectivity index (χ0) is 17.9. The Kier molecular flexibility index (Phi) is 5.33. The number of hydrogen-bond donors (Lipinski definition) is 1. The Labute approximate surface area is 157 Å². The Bertz CT molecular complexity index is 989. The van der Waals surface area contributed by atoms with E-state index in [4.69, 9.17) is 23.2 Å². The molecule has 128 valence electrons. The van der Waals surface area contributed by atoms with Crippen LogP contribution in [0.1, 0.15) is 5.56 Å². The van der Waals surface area contributed by atoms with Crippen molar-refractivity contribution in [3.05, 3.63) is 88.4 Å². The summed E-state index contributed by atoms with van der Waals surface area (Å²) >= 11 is 11.8. The first-order chi connectivity index (χ1) is 11.9. The highest BCUT2D eigenvalue weighted by Crippen LogP contribution is 2.29. The summed E-state index contributed by atoms with van der Waals surface area (Å²) in [5.41, 5.74) is 2.86. The highest BCUT2D eigenvalue weighted by molar-refractivity contribution is 7.91. The summed E-state index contributed by atoms with van der Waals surface area (Å²) in [6.45, 7) is 0. The summed E-state index contributed by atoms with van der Waals surface area (Å²) in [5.74, 6) is -0.187. The van der Waals surface area contributed by atoms with Crippen LogP contribution in [0, 0.1) is 0 Å². The molecular formula is C19H15Cl2NO2S. The standard InChI is InChI=1S/C19H15Cl2NO2S/c20-17-11-10-14(12-18(17)21)13-25(23,24)22-19-9-5-4-8-16(19)15-6-2-1-3-7-15/h1-12,22H,13H2. The summed E-state index contributed by atoms with van der Waals surface area (Å²) in [6, 6.07) is 21.7. The Morgan fingerprint density at radius 3 is 2.20 bits per heavy atom. The predicted molar refractivity (Wildman–Crippen MR) is 105 cm³/mol. The van der Waals surface area contributed by atoms with E-state index in [1.807, 2.05) is 42.5 Å². The van der Waals surface area contributed by atoms with Crippen LogP contribution in [-0.2, 0) is 15.8 Å². The molecule has 0 aliphatic heterocycles. The maximum atomic E-state index is 12.6. The Morgan fingerprint density at radius 1 is 0.800 bits per heavy atom. The van der Waals surface area contributed by atoms with Crippen molar-refractivity contribution in [3.8, 4) is 11.1 Å². The number of halogens is 2. The Hall–Kier alpha value is -2.01. The van der Waals surface area contributed by atoms with Gasteiger partial charge in [0.2, 0.25) is 10.0 Å². The van der Waals surface area contributed by atoms with Gasteiger partial charge in [-0.3, -0.25) is 4.72 Å². The second-order valence-corrected chi connectivity index (χ2v) is 8.06. The SMILES string of the molecule is O=S(=O)(Cc1ccc(Cl)c(Cl)c1)Nc1ccccc1-c1ccccc1. The first-order valence-electron chi connectivity index (χ1n) is 7.53. The van der Waals surface area contributed by atoms with Crippen LogP contribution in [0.3, 0.4) is 0 Å². The zero-order valence-corrected chi connectivity index (χ0v) is 15.4. The number of hydrogen-bond acceptors (Lipinski definition) is 2. The molecule has 0 aromatic heterocycles. The zero-order valence-electron chi connectivity index (χ0n) is 13.1. The van der Waals surface area contributed by atoms with Crippen LogP contribution in [0.15, 0.2) is 72.8 Å². The molecule has 6 heteroatoms. The molecule has 0 radical (unpaired) electrons. The lowest BCUT2D eigenvalue weighted by Gasteiger charge is -2.13. The minimum atomic E-state index is -3.60. The summed E-state index contributed by atoms with van der Waals surface area (Å²) in [7, 11) is -3.60. The molecule has 25 heavy (non-hydrogen) atoms. The smallest absolute Gasteiger partial charge is 0.236 e. The van der Waals surface area contributed by atoms with E-state index in [0.717, 1.165) is 11.1 Å². The van der Waals surface area contributed by atoms with Crippen molar-refractivity contribution in [1.29, 1.82) is 0 Å². The van der Waals surface area contributed by atoms with Gasteiger partial charge >= 0.3 is 0 Å². The lowest BCUT2D eigenvalue weighted by molar-refractivity contribution is 0.600. The molecule has 1 N–H and O–H groups in total. The fourth-order valence-corrected chi connectivity index (χ4v) is 4.02. The molecule has 3 aromatic carbocycles. The molecule has 0 unspecified atom stereocenters. The van der Waals surface area contributed by atoms with Crippen LogP contribution in [0.5, 0.6) is 0 Å². The van der Waals surface area contributed by atoms with Crippen molar-refractivity contribution in [3.63, 3.8) is 0 Å². The van der Waals surface area contributed by atoms with Crippen LogP contribution in [0.25, 0.3) is 11.1 Å².